The average molecular weight is 753 g/mol. The molecule has 0 heterocycles. The Balaban J connectivity index is 1.19. The third-order valence-corrected chi connectivity index (χ3v) is 11.8. The SMILES string of the molecule is Cc1ccc(-c2c3ccc(Nc4ccc5ccccc5c4)cc3c(-c3ccccc3)c3ccc(N(c4ccc5ccccc5c4)c4cccc5ccccc45)cc23)cc1. The molecular formula is C57H40N2. The summed E-state index contributed by atoms with van der Waals surface area (Å²) in [5.41, 5.74) is 11.6. The third-order valence-electron chi connectivity index (χ3n) is 11.8. The second-order valence-corrected chi connectivity index (χ2v) is 15.5. The van der Waals surface area contributed by atoms with Crippen LogP contribution in [-0.4, -0.2) is 0 Å². The fourth-order valence-electron chi connectivity index (χ4n) is 8.96. The molecule has 0 atom stereocenters. The third kappa shape index (κ3) is 6.23. The molecule has 0 spiro atoms. The number of hydrogen-bond donors (Lipinski definition) is 1. The Labute approximate surface area is 344 Å². The average Bonchev–Trinajstić information content (AvgIpc) is 3.29. The Bertz CT molecular complexity index is 3360. The maximum atomic E-state index is 3.76. The van der Waals surface area contributed by atoms with E-state index in [1.807, 2.05) is 0 Å². The predicted octanol–water partition coefficient (Wildman–Crippen LogP) is 16.3. The zero-order chi connectivity index (χ0) is 39.3. The quantitative estimate of drug-likeness (QED) is 0.163. The van der Waals surface area contributed by atoms with E-state index in [0.29, 0.717) is 0 Å². The lowest BCUT2D eigenvalue weighted by Crippen LogP contribution is -2.10. The number of rotatable bonds is 7. The van der Waals surface area contributed by atoms with Crippen LogP contribution in [0.2, 0.25) is 0 Å². The van der Waals surface area contributed by atoms with E-state index in [-0.39, 0.29) is 0 Å². The van der Waals surface area contributed by atoms with Crippen molar-refractivity contribution in [2.24, 2.45) is 0 Å². The van der Waals surface area contributed by atoms with Gasteiger partial charge in [0, 0.05) is 28.1 Å². The summed E-state index contributed by atoms with van der Waals surface area (Å²) in [6, 6.07) is 79.8. The summed E-state index contributed by atoms with van der Waals surface area (Å²) >= 11 is 0. The number of anilines is 5. The zero-order valence-electron chi connectivity index (χ0n) is 32.7. The van der Waals surface area contributed by atoms with Gasteiger partial charge in [0.2, 0.25) is 0 Å². The number of nitrogens with zero attached hydrogens (tertiary/aromatic N) is 1. The lowest BCUT2D eigenvalue weighted by molar-refractivity contribution is 1.31. The van der Waals surface area contributed by atoms with Crippen molar-refractivity contribution in [2.45, 2.75) is 6.92 Å². The highest BCUT2D eigenvalue weighted by Crippen LogP contribution is 2.48. The van der Waals surface area contributed by atoms with Crippen LogP contribution in [-0.2, 0) is 0 Å². The van der Waals surface area contributed by atoms with E-state index in [2.05, 4.69) is 236 Å². The fraction of sp³-hybridized carbons (Fsp3) is 0.0175. The summed E-state index contributed by atoms with van der Waals surface area (Å²) in [5, 5.41) is 15.9. The van der Waals surface area contributed by atoms with Gasteiger partial charge in [-0.1, -0.05) is 169 Å². The van der Waals surface area contributed by atoms with Gasteiger partial charge in [-0.15, -0.1) is 0 Å². The molecule has 11 rings (SSSR count). The second kappa shape index (κ2) is 14.4. The molecule has 0 unspecified atom stereocenters. The normalized spacial score (nSPS) is 11.5. The first-order chi connectivity index (χ1) is 29.1. The van der Waals surface area contributed by atoms with Crippen LogP contribution >= 0.6 is 0 Å². The van der Waals surface area contributed by atoms with E-state index in [1.165, 1.54) is 81.7 Å². The Kier molecular flexibility index (Phi) is 8.41. The molecule has 0 radical (unpaired) electrons. The van der Waals surface area contributed by atoms with Crippen LogP contribution in [0.3, 0.4) is 0 Å². The molecule has 11 aromatic rings. The first-order valence-electron chi connectivity index (χ1n) is 20.3. The molecule has 0 aromatic heterocycles. The van der Waals surface area contributed by atoms with Gasteiger partial charge < -0.3 is 10.2 Å². The standard InChI is InChI=1S/C57H40N2/c1-38-22-24-43(25-23-38)57-51-32-29-47(58-46-28-26-39-12-5-7-17-44(39)34-46)36-53(51)56(42-15-3-2-4-16-42)52-33-31-49(37-54(52)57)59(48-30-27-40-13-6-8-18-45(40)35-48)55-21-11-19-41-14-9-10-20-50(41)55/h2-37,58H,1H3. The second-order valence-electron chi connectivity index (χ2n) is 15.5. The van der Waals surface area contributed by atoms with Gasteiger partial charge in [0.1, 0.15) is 0 Å². The van der Waals surface area contributed by atoms with E-state index in [1.54, 1.807) is 0 Å². The summed E-state index contributed by atoms with van der Waals surface area (Å²) in [4.78, 5) is 2.44. The van der Waals surface area contributed by atoms with Crippen LogP contribution in [0.1, 0.15) is 5.56 Å². The topological polar surface area (TPSA) is 15.3 Å². The van der Waals surface area contributed by atoms with Gasteiger partial charge >= 0.3 is 0 Å². The molecular weight excluding hydrogens is 713 g/mol. The highest BCUT2D eigenvalue weighted by Gasteiger charge is 2.21. The maximum absolute atomic E-state index is 3.76. The van der Waals surface area contributed by atoms with Gasteiger partial charge in [-0.25, -0.2) is 0 Å². The largest absolute Gasteiger partial charge is 0.355 e. The number of hydrogen-bond acceptors (Lipinski definition) is 2. The Morgan fingerprint density at radius 2 is 0.847 bits per heavy atom. The first-order valence-corrected chi connectivity index (χ1v) is 20.3. The summed E-state index contributed by atoms with van der Waals surface area (Å²) < 4.78 is 0. The Morgan fingerprint density at radius 3 is 1.61 bits per heavy atom. The molecule has 0 saturated carbocycles. The summed E-state index contributed by atoms with van der Waals surface area (Å²) in [7, 11) is 0. The predicted molar refractivity (Wildman–Crippen MR) is 254 cm³/mol. The van der Waals surface area contributed by atoms with Crippen molar-refractivity contribution < 1.29 is 0 Å². The van der Waals surface area contributed by atoms with Gasteiger partial charge in [-0.2, -0.15) is 0 Å². The van der Waals surface area contributed by atoms with Crippen LogP contribution in [0.25, 0.3) is 76.1 Å². The van der Waals surface area contributed by atoms with Crippen molar-refractivity contribution >= 4 is 82.3 Å². The lowest BCUT2D eigenvalue weighted by Gasteiger charge is -2.28. The number of nitrogens with one attached hydrogen (secondary N) is 1. The molecule has 2 nitrogen and oxygen atoms in total. The van der Waals surface area contributed by atoms with Crippen molar-refractivity contribution in [3.05, 3.63) is 224 Å². The fourth-order valence-corrected chi connectivity index (χ4v) is 8.96. The van der Waals surface area contributed by atoms with Gasteiger partial charge in [-0.05, 0) is 132 Å². The maximum Gasteiger partial charge on any atom is 0.0540 e. The van der Waals surface area contributed by atoms with E-state index in [0.717, 1.165) is 28.4 Å². The zero-order valence-corrected chi connectivity index (χ0v) is 32.7. The minimum Gasteiger partial charge on any atom is -0.355 e. The molecule has 278 valence electrons. The van der Waals surface area contributed by atoms with E-state index >= 15 is 0 Å². The monoisotopic (exact) mass is 752 g/mol. The highest BCUT2D eigenvalue weighted by atomic mass is 15.1. The number of aryl methyl sites for hydroxylation is 1. The summed E-state index contributed by atoms with van der Waals surface area (Å²) in [6.07, 6.45) is 0. The van der Waals surface area contributed by atoms with Crippen LogP contribution in [0.15, 0.2) is 218 Å². The van der Waals surface area contributed by atoms with Crippen molar-refractivity contribution in [1.29, 1.82) is 0 Å². The van der Waals surface area contributed by atoms with E-state index in [4.69, 9.17) is 0 Å². The molecule has 0 fully saturated rings. The molecule has 0 aliphatic heterocycles. The lowest BCUT2D eigenvalue weighted by atomic mass is 9.85. The molecule has 11 aromatic carbocycles. The van der Waals surface area contributed by atoms with Crippen molar-refractivity contribution in [3.8, 4) is 22.3 Å². The molecule has 0 bridgehead atoms. The summed E-state index contributed by atoms with van der Waals surface area (Å²) in [6.45, 7) is 2.16. The van der Waals surface area contributed by atoms with Crippen molar-refractivity contribution in [1.82, 2.24) is 0 Å². The smallest absolute Gasteiger partial charge is 0.0540 e. The van der Waals surface area contributed by atoms with E-state index in [9.17, 15) is 0 Å². The molecule has 0 amide bonds. The molecule has 0 aliphatic rings. The van der Waals surface area contributed by atoms with E-state index < -0.39 is 0 Å². The molecule has 2 heteroatoms. The van der Waals surface area contributed by atoms with Crippen LogP contribution in [0, 0.1) is 6.92 Å². The Morgan fingerprint density at radius 1 is 0.322 bits per heavy atom. The van der Waals surface area contributed by atoms with Crippen LogP contribution in [0.4, 0.5) is 28.4 Å². The first kappa shape index (κ1) is 34.6. The number of fused-ring (bicyclic) bond motifs is 5. The van der Waals surface area contributed by atoms with Crippen LogP contribution < -0.4 is 10.2 Å². The molecule has 1 N–H and O–H groups in total. The van der Waals surface area contributed by atoms with Crippen molar-refractivity contribution in [2.75, 3.05) is 10.2 Å². The minimum absolute atomic E-state index is 1.05. The molecule has 0 saturated heterocycles. The van der Waals surface area contributed by atoms with Gasteiger partial charge in [0.25, 0.3) is 0 Å². The summed E-state index contributed by atoms with van der Waals surface area (Å²) in [5.74, 6) is 0. The van der Waals surface area contributed by atoms with Gasteiger partial charge in [0.05, 0.1) is 5.69 Å². The van der Waals surface area contributed by atoms with Crippen molar-refractivity contribution in [3.63, 3.8) is 0 Å². The van der Waals surface area contributed by atoms with Gasteiger partial charge in [-0.3, -0.25) is 0 Å². The molecule has 59 heavy (non-hydrogen) atoms. The van der Waals surface area contributed by atoms with Crippen LogP contribution in [0.5, 0.6) is 0 Å². The highest BCUT2D eigenvalue weighted by molar-refractivity contribution is 6.22. The number of benzene rings is 11. The van der Waals surface area contributed by atoms with Gasteiger partial charge in [0.15, 0.2) is 0 Å². The Hall–Kier alpha value is -7.68. The minimum atomic E-state index is 1.05. The molecule has 0 aliphatic carbocycles.